The van der Waals surface area contributed by atoms with Crippen LogP contribution in [0.15, 0.2) is 53.0 Å². The molecule has 1 aliphatic rings. The summed E-state index contributed by atoms with van der Waals surface area (Å²) in [5.74, 6) is -1.07. The highest BCUT2D eigenvalue weighted by atomic mass is 79.9. The smallest absolute Gasteiger partial charge is 0.311 e. The van der Waals surface area contributed by atoms with Crippen molar-refractivity contribution in [2.75, 3.05) is 25.2 Å². The molecule has 0 saturated carbocycles. The first-order valence-electron chi connectivity index (χ1n) is 8.38. The first-order valence-corrected chi connectivity index (χ1v) is 9.17. The lowest BCUT2D eigenvalue weighted by atomic mass is 10.1. The SMILES string of the molecule is COc1ccccc1N1C[C@H](C(=O)OCC(=O)c2ccc(Br)cc2)CC1=O. The van der Waals surface area contributed by atoms with E-state index in [0.29, 0.717) is 17.0 Å². The van der Waals surface area contributed by atoms with E-state index < -0.39 is 11.9 Å². The predicted octanol–water partition coefficient (Wildman–Crippen LogP) is 3.24. The Bertz CT molecular complexity index is 865. The standard InChI is InChI=1S/C20H18BrNO5/c1-26-18-5-3-2-4-16(18)22-11-14(10-19(22)24)20(25)27-12-17(23)13-6-8-15(21)9-7-13/h2-9,14H,10-12H2,1H3/t14-/m1/s1. The lowest BCUT2D eigenvalue weighted by Crippen LogP contribution is -2.27. The number of halogens is 1. The summed E-state index contributed by atoms with van der Waals surface area (Å²) in [7, 11) is 1.53. The molecule has 1 heterocycles. The Morgan fingerprint density at radius 3 is 2.56 bits per heavy atom. The minimum absolute atomic E-state index is 0.0450. The molecular weight excluding hydrogens is 414 g/mol. The van der Waals surface area contributed by atoms with Gasteiger partial charge in [-0.2, -0.15) is 0 Å². The number of esters is 1. The molecule has 1 atom stereocenters. The summed E-state index contributed by atoms with van der Waals surface area (Å²) >= 11 is 3.30. The maximum atomic E-state index is 12.3. The van der Waals surface area contributed by atoms with E-state index in [4.69, 9.17) is 9.47 Å². The van der Waals surface area contributed by atoms with Gasteiger partial charge in [-0.3, -0.25) is 14.4 Å². The monoisotopic (exact) mass is 431 g/mol. The van der Waals surface area contributed by atoms with Crippen LogP contribution < -0.4 is 9.64 Å². The zero-order chi connectivity index (χ0) is 19.4. The van der Waals surface area contributed by atoms with Crippen molar-refractivity contribution in [2.24, 2.45) is 5.92 Å². The van der Waals surface area contributed by atoms with Crippen LogP contribution in [-0.2, 0) is 14.3 Å². The van der Waals surface area contributed by atoms with Gasteiger partial charge >= 0.3 is 5.97 Å². The third kappa shape index (κ3) is 4.36. The number of anilines is 1. The molecule has 1 amide bonds. The molecule has 0 aromatic heterocycles. The summed E-state index contributed by atoms with van der Waals surface area (Å²) in [5, 5.41) is 0. The number of hydrogen-bond acceptors (Lipinski definition) is 5. The molecule has 6 nitrogen and oxygen atoms in total. The number of rotatable bonds is 6. The first-order chi connectivity index (χ1) is 13.0. The fourth-order valence-corrected chi connectivity index (χ4v) is 3.19. The van der Waals surface area contributed by atoms with Crippen LogP contribution in [0.4, 0.5) is 5.69 Å². The lowest BCUT2D eigenvalue weighted by molar-refractivity contribution is -0.147. The van der Waals surface area contributed by atoms with Crippen molar-refractivity contribution in [3.05, 3.63) is 58.6 Å². The van der Waals surface area contributed by atoms with Crippen molar-refractivity contribution < 1.29 is 23.9 Å². The van der Waals surface area contributed by atoms with Crippen molar-refractivity contribution in [2.45, 2.75) is 6.42 Å². The summed E-state index contributed by atoms with van der Waals surface area (Å²) in [5.41, 5.74) is 1.08. The Labute approximate surface area is 165 Å². The van der Waals surface area contributed by atoms with Gasteiger partial charge in [0.05, 0.1) is 18.7 Å². The van der Waals surface area contributed by atoms with Crippen LogP contribution in [0.1, 0.15) is 16.8 Å². The number of carbonyl (C=O) groups is 3. The molecule has 27 heavy (non-hydrogen) atoms. The van der Waals surface area contributed by atoms with Gasteiger partial charge in [-0.15, -0.1) is 0 Å². The lowest BCUT2D eigenvalue weighted by Gasteiger charge is -2.19. The van der Waals surface area contributed by atoms with E-state index in [9.17, 15) is 14.4 Å². The third-order valence-electron chi connectivity index (χ3n) is 4.35. The molecular formula is C20H18BrNO5. The van der Waals surface area contributed by atoms with Gasteiger partial charge in [0.1, 0.15) is 5.75 Å². The normalized spacial score (nSPS) is 16.3. The molecule has 0 unspecified atom stereocenters. The van der Waals surface area contributed by atoms with E-state index in [2.05, 4.69) is 15.9 Å². The molecule has 1 fully saturated rings. The van der Waals surface area contributed by atoms with Crippen molar-refractivity contribution in [3.8, 4) is 5.75 Å². The highest BCUT2D eigenvalue weighted by Gasteiger charge is 2.37. The first kappa shape index (κ1) is 19.1. The zero-order valence-electron chi connectivity index (χ0n) is 14.7. The van der Waals surface area contributed by atoms with Gasteiger partial charge in [-0.05, 0) is 24.3 Å². The summed E-state index contributed by atoms with van der Waals surface area (Å²) in [6, 6.07) is 13.9. The van der Waals surface area contributed by atoms with Gasteiger partial charge < -0.3 is 14.4 Å². The third-order valence-corrected chi connectivity index (χ3v) is 4.87. The quantitative estimate of drug-likeness (QED) is 0.518. The van der Waals surface area contributed by atoms with Crippen molar-refractivity contribution >= 4 is 39.3 Å². The number of methoxy groups -OCH3 is 1. The molecule has 0 radical (unpaired) electrons. The van der Waals surface area contributed by atoms with Gasteiger partial charge in [0, 0.05) is 23.0 Å². The number of ketones is 1. The largest absolute Gasteiger partial charge is 0.495 e. The van der Waals surface area contributed by atoms with Crippen LogP contribution in [0.3, 0.4) is 0 Å². The van der Waals surface area contributed by atoms with Gasteiger partial charge in [0.15, 0.2) is 12.4 Å². The number of Topliss-reactive ketones (excluding diaryl/α,β-unsaturated/α-hetero) is 1. The number of nitrogens with zero attached hydrogens (tertiary/aromatic N) is 1. The molecule has 0 N–H and O–H groups in total. The molecule has 3 rings (SSSR count). The fourth-order valence-electron chi connectivity index (χ4n) is 2.92. The molecule has 2 aromatic carbocycles. The molecule has 1 saturated heterocycles. The Hall–Kier alpha value is -2.67. The Morgan fingerprint density at radius 2 is 1.85 bits per heavy atom. The van der Waals surface area contributed by atoms with Gasteiger partial charge in [-0.1, -0.05) is 40.2 Å². The van der Waals surface area contributed by atoms with Gasteiger partial charge in [-0.25, -0.2) is 0 Å². The Kier molecular flexibility index (Phi) is 5.91. The number of benzene rings is 2. The summed E-state index contributed by atoms with van der Waals surface area (Å²) in [6.45, 7) is -0.148. The van der Waals surface area contributed by atoms with Crippen molar-refractivity contribution in [3.63, 3.8) is 0 Å². The average molecular weight is 432 g/mol. The highest BCUT2D eigenvalue weighted by Crippen LogP contribution is 2.33. The van der Waals surface area contributed by atoms with Gasteiger partial charge in [0.25, 0.3) is 0 Å². The summed E-state index contributed by atoms with van der Waals surface area (Å²) < 4.78 is 11.3. The maximum absolute atomic E-state index is 12.3. The van der Waals surface area contributed by atoms with Crippen LogP contribution in [0.25, 0.3) is 0 Å². The minimum Gasteiger partial charge on any atom is -0.495 e. The van der Waals surface area contributed by atoms with Crippen LogP contribution in [0, 0.1) is 5.92 Å². The summed E-state index contributed by atoms with van der Waals surface area (Å²) in [4.78, 5) is 38.3. The molecule has 0 spiro atoms. The molecule has 0 aliphatic carbocycles. The van der Waals surface area contributed by atoms with Crippen LogP contribution >= 0.6 is 15.9 Å². The van der Waals surface area contributed by atoms with Gasteiger partial charge in [0.2, 0.25) is 5.91 Å². The Morgan fingerprint density at radius 1 is 1.15 bits per heavy atom. The predicted molar refractivity (Wildman–Crippen MR) is 103 cm³/mol. The number of ether oxygens (including phenoxy) is 2. The van der Waals surface area contributed by atoms with Crippen molar-refractivity contribution in [1.29, 1.82) is 0 Å². The van der Waals surface area contributed by atoms with E-state index in [-0.39, 0.29) is 31.3 Å². The minimum atomic E-state index is -0.611. The second-order valence-corrected chi connectivity index (χ2v) is 7.03. The molecule has 140 valence electrons. The second kappa shape index (κ2) is 8.35. The number of para-hydroxylation sites is 2. The maximum Gasteiger partial charge on any atom is 0.311 e. The number of amides is 1. The molecule has 0 bridgehead atoms. The summed E-state index contributed by atoms with van der Waals surface area (Å²) in [6.07, 6.45) is 0.0450. The fraction of sp³-hybridized carbons (Fsp3) is 0.250. The van der Waals surface area contributed by atoms with E-state index in [1.165, 1.54) is 12.0 Å². The molecule has 1 aliphatic heterocycles. The number of carbonyl (C=O) groups excluding carboxylic acids is 3. The topological polar surface area (TPSA) is 72.9 Å². The van der Waals surface area contributed by atoms with E-state index >= 15 is 0 Å². The second-order valence-electron chi connectivity index (χ2n) is 6.12. The van der Waals surface area contributed by atoms with Crippen LogP contribution in [-0.4, -0.2) is 37.9 Å². The highest BCUT2D eigenvalue weighted by molar-refractivity contribution is 9.10. The zero-order valence-corrected chi connectivity index (χ0v) is 16.3. The van der Waals surface area contributed by atoms with E-state index in [1.54, 1.807) is 42.5 Å². The van der Waals surface area contributed by atoms with Crippen LogP contribution in [0.5, 0.6) is 5.75 Å². The van der Waals surface area contributed by atoms with E-state index in [0.717, 1.165) is 4.47 Å². The number of hydrogen-bond donors (Lipinski definition) is 0. The Balaban J connectivity index is 1.60. The average Bonchev–Trinajstić information content (AvgIpc) is 3.08. The van der Waals surface area contributed by atoms with Crippen LogP contribution in [0.2, 0.25) is 0 Å². The molecule has 2 aromatic rings. The molecule has 7 heteroatoms. The van der Waals surface area contributed by atoms with Crippen molar-refractivity contribution in [1.82, 2.24) is 0 Å². The van der Waals surface area contributed by atoms with E-state index in [1.807, 2.05) is 6.07 Å².